The van der Waals surface area contributed by atoms with E-state index < -0.39 is 5.91 Å². The molecule has 0 heterocycles. The van der Waals surface area contributed by atoms with Crippen molar-refractivity contribution in [2.45, 2.75) is 38.5 Å². The zero-order valence-electron chi connectivity index (χ0n) is 21.7. The van der Waals surface area contributed by atoms with E-state index in [0.29, 0.717) is 46.2 Å². The summed E-state index contributed by atoms with van der Waals surface area (Å²) in [5.74, 6) is -0.496. The van der Waals surface area contributed by atoms with Gasteiger partial charge in [0.2, 0.25) is 11.8 Å². The van der Waals surface area contributed by atoms with E-state index in [1.165, 1.54) is 11.1 Å². The van der Waals surface area contributed by atoms with Crippen LogP contribution in [0.25, 0.3) is 0 Å². The number of nitrogens with one attached hydrogen (secondary N) is 2. The van der Waals surface area contributed by atoms with Crippen molar-refractivity contribution < 1.29 is 33.7 Å². The predicted octanol–water partition coefficient (Wildman–Crippen LogP) is 3.32. The molecule has 0 spiro atoms. The van der Waals surface area contributed by atoms with Crippen LogP contribution >= 0.6 is 0 Å². The van der Waals surface area contributed by atoms with E-state index in [0.717, 1.165) is 36.9 Å². The molecule has 37 heavy (non-hydrogen) atoms. The summed E-state index contributed by atoms with van der Waals surface area (Å²) < 4.78 is 21.0. The summed E-state index contributed by atoms with van der Waals surface area (Å²) in [5.41, 5.74) is 5.76. The lowest BCUT2D eigenvalue weighted by Gasteiger charge is -2.08. The minimum Gasteiger partial charge on any atom is -0.382 e. The maximum absolute atomic E-state index is 12.1. The van der Waals surface area contributed by atoms with Crippen molar-refractivity contribution in [2.75, 3.05) is 58.7 Å². The number of methoxy groups -OCH3 is 1. The molecule has 0 aliphatic carbocycles. The Balaban J connectivity index is 1.51. The molecule has 204 valence electrons. The van der Waals surface area contributed by atoms with Crippen LogP contribution in [-0.4, -0.2) is 70.4 Å². The van der Waals surface area contributed by atoms with Gasteiger partial charge < -0.3 is 24.3 Å². The fraction of sp³-hybridized carbons (Fsp3) is 0.500. The fourth-order valence-corrected chi connectivity index (χ4v) is 3.53. The van der Waals surface area contributed by atoms with Gasteiger partial charge in [0.05, 0.1) is 59.1 Å². The first-order chi connectivity index (χ1) is 18.1. The lowest BCUT2D eigenvalue weighted by Crippen LogP contribution is -2.20. The van der Waals surface area contributed by atoms with Gasteiger partial charge in [-0.2, -0.15) is 0 Å². The highest BCUT2D eigenvalue weighted by molar-refractivity contribution is 5.90. The van der Waals surface area contributed by atoms with Crippen molar-refractivity contribution in [3.05, 3.63) is 65.2 Å². The average Bonchev–Trinajstić information content (AvgIpc) is 2.91. The number of benzene rings is 2. The Morgan fingerprint density at radius 3 is 1.70 bits per heavy atom. The normalized spacial score (nSPS) is 10.9. The lowest BCUT2D eigenvalue weighted by atomic mass is 10.0. The number of ether oxygens (including phenoxy) is 4. The van der Waals surface area contributed by atoms with Crippen LogP contribution in [0.15, 0.2) is 48.5 Å². The second-order valence-electron chi connectivity index (χ2n) is 8.56. The van der Waals surface area contributed by atoms with E-state index in [-0.39, 0.29) is 18.7 Å². The van der Waals surface area contributed by atoms with E-state index in [9.17, 15) is 9.59 Å². The van der Waals surface area contributed by atoms with Gasteiger partial charge in [0.1, 0.15) is 0 Å². The topological polar surface area (TPSA) is 115 Å². The molecule has 0 aromatic heterocycles. The summed E-state index contributed by atoms with van der Waals surface area (Å²) >= 11 is 0. The van der Waals surface area contributed by atoms with Crippen molar-refractivity contribution in [3.8, 4) is 0 Å². The minimum atomic E-state index is -0.416. The van der Waals surface area contributed by atoms with E-state index in [1.54, 1.807) is 12.6 Å². The van der Waals surface area contributed by atoms with E-state index >= 15 is 0 Å². The molecule has 2 rings (SSSR count). The van der Waals surface area contributed by atoms with Crippen LogP contribution in [0.5, 0.6) is 0 Å². The van der Waals surface area contributed by atoms with Crippen LogP contribution in [0, 0.1) is 0 Å². The first kappa shape index (κ1) is 30.4. The molecule has 3 N–H and O–H groups in total. The molecular weight excluding hydrogens is 476 g/mol. The smallest absolute Gasteiger partial charge is 0.247 e. The SMILES string of the molecule is COCCOCCOCCOCCC(=O)Nc1ccc(CCCCc2ccc(CC(=O)NO)cc2)cc1. The second-order valence-corrected chi connectivity index (χ2v) is 8.56. The molecule has 0 saturated carbocycles. The maximum atomic E-state index is 12.1. The molecule has 0 unspecified atom stereocenters. The van der Waals surface area contributed by atoms with Crippen LogP contribution in [0.1, 0.15) is 36.0 Å². The standard InChI is InChI=1S/C28H40N2O7/c1-34-16-17-36-20-21-37-19-18-35-15-14-27(31)29-26-12-10-24(11-13-26)5-3-2-4-23-6-8-25(9-7-23)22-28(32)30-33/h6-13,33H,2-5,14-22H2,1H3,(H,29,31)(H,30,32). The molecule has 2 amide bonds. The summed E-state index contributed by atoms with van der Waals surface area (Å²) in [4.78, 5) is 23.3. The quantitative estimate of drug-likeness (QED) is 0.140. The number of rotatable bonds is 20. The Kier molecular flexibility index (Phi) is 15.9. The number of anilines is 1. The van der Waals surface area contributed by atoms with Gasteiger partial charge in [-0.15, -0.1) is 0 Å². The van der Waals surface area contributed by atoms with Gasteiger partial charge in [-0.25, -0.2) is 5.48 Å². The Hall–Kier alpha value is -2.82. The highest BCUT2D eigenvalue weighted by atomic mass is 16.6. The average molecular weight is 517 g/mol. The first-order valence-electron chi connectivity index (χ1n) is 12.7. The number of carbonyl (C=O) groups is 2. The van der Waals surface area contributed by atoms with Crippen molar-refractivity contribution in [3.63, 3.8) is 0 Å². The molecule has 0 fully saturated rings. The van der Waals surface area contributed by atoms with Gasteiger partial charge in [-0.05, 0) is 54.5 Å². The van der Waals surface area contributed by atoms with E-state index in [2.05, 4.69) is 5.32 Å². The molecule has 0 saturated heterocycles. The van der Waals surface area contributed by atoms with Gasteiger partial charge in [0.25, 0.3) is 0 Å². The zero-order valence-corrected chi connectivity index (χ0v) is 21.7. The Morgan fingerprint density at radius 1 is 0.676 bits per heavy atom. The van der Waals surface area contributed by atoms with Gasteiger partial charge in [-0.1, -0.05) is 36.4 Å². The fourth-order valence-electron chi connectivity index (χ4n) is 3.53. The molecule has 0 bridgehead atoms. The minimum absolute atomic E-state index is 0.0804. The second kappa shape index (κ2) is 19.3. The van der Waals surface area contributed by atoms with Crippen LogP contribution in [0.4, 0.5) is 5.69 Å². The third-order valence-electron chi connectivity index (χ3n) is 5.58. The summed E-state index contributed by atoms with van der Waals surface area (Å²) in [6.07, 6.45) is 4.52. The van der Waals surface area contributed by atoms with Crippen LogP contribution in [0.3, 0.4) is 0 Å². The van der Waals surface area contributed by atoms with Gasteiger partial charge in [0, 0.05) is 12.8 Å². The van der Waals surface area contributed by atoms with Gasteiger partial charge in [-0.3, -0.25) is 14.8 Å². The van der Waals surface area contributed by atoms with Crippen molar-refractivity contribution in [1.82, 2.24) is 5.48 Å². The number of aryl methyl sites for hydroxylation is 2. The third kappa shape index (κ3) is 14.5. The predicted molar refractivity (Wildman–Crippen MR) is 141 cm³/mol. The molecule has 0 atom stereocenters. The molecule has 9 heteroatoms. The van der Waals surface area contributed by atoms with Crippen LogP contribution in [0.2, 0.25) is 0 Å². The molecule has 2 aromatic rings. The third-order valence-corrected chi connectivity index (χ3v) is 5.58. The summed E-state index contributed by atoms with van der Waals surface area (Å²) in [7, 11) is 1.63. The molecule has 0 radical (unpaired) electrons. The maximum Gasteiger partial charge on any atom is 0.247 e. The highest BCUT2D eigenvalue weighted by Crippen LogP contribution is 2.14. The van der Waals surface area contributed by atoms with Crippen LogP contribution < -0.4 is 10.8 Å². The van der Waals surface area contributed by atoms with Crippen LogP contribution in [-0.2, 0) is 47.8 Å². The molecule has 2 aromatic carbocycles. The van der Waals surface area contributed by atoms with Crippen molar-refractivity contribution in [1.29, 1.82) is 0 Å². The number of hydrogen-bond donors (Lipinski definition) is 3. The highest BCUT2D eigenvalue weighted by Gasteiger charge is 2.04. The van der Waals surface area contributed by atoms with E-state index in [4.69, 9.17) is 24.2 Å². The number of hydrogen-bond acceptors (Lipinski definition) is 7. The molecule has 0 aliphatic rings. The lowest BCUT2D eigenvalue weighted by molar-refractivity contribution is -0.128. The monoisotopic (exact) mass is 516 g/mol. The summed E-state index contributed by atoms with van der Waals surface area (Å²) in [6.45, 7) is 3.41. The van der Waals surface area contributed by atoms with Crippen molar-refractivity contribution >= 4 is 17.5 Å². The van der Waals surface area contributed by atoms with E-state index in [1.807, 2.05) is 48.5 Å². The first-order valence-corrected chi connectivity index (χ1v) is 12.7. The molecular formula is C28H40N2O7. The molecule has 0 aliphatic heterocycles. The zero-order chi connectivity index (χ0) is 26.6. The number of amides is 2. The summed E-state index contributed by atoms with van der Waals surface area (Å²) in [6, 6.07) is 15.8. The van der Waals surface area contributed by atoms with Crippen molar-refractivity contribution in [2.24, 2.45) is 0 Å². The number of unbranched alkanes of at least 4 members (excludes halogenated alkanes) is 1. The Morgan fingerprint density at radius 2 is 1.16 bits per heavy atom. The molecule has 9 nitrogen and oxygen atoms in total. The summed E-state index contributed by atoms with van der Waals surface area (Å²) in [5, 5.41) is 11.5. The van der Waals surface area contributed by atoms with Gasteiger partial charge >= 0.3 is 0 Å². The largest absolute Gasteiger partial charge is 0.382 e. The number of carbonyl (C=O) groups excluding carboxylic acids is 2. The number of hydroxylamine groups is 1. The Bertz CT molecular complexity index is 888. The van der Waals surface area contributed by atoms with Gasteiger partial charge in [0.15, 0.2) is 0 Å². The Labute approximate surface area is 219 Å².